The lowest BCUT2D eigenvalue weighted by atomic mass is 10.1. The smallest absolute Gasteiger partial charge is 0.271 e. The van der Waals surface area contributed by atoms with Crippen LogP contribution >= 0.6 is 11.6 Å². The van der Waals surface area contributed by atoms with Crippen LogP contribution in [0.15, 0.2) is 47.4 Å². The maximum atomic E-state index is 12.4. The van der Waals surface area contributed by atoms with Crippen molar-refractivity contribution in [1.82, 2.24) is 4.57 Å². The molecular weight excluding hydrogens is 320 g/mol. The average Bonchev–Trinajstić information content (AvgIpc) is 3.11. The van der Waals surface area contributed by atoms with E-state index < -0.39 is 0 Å². The van der Waals surface area contributed by atoms with Gasteiger partial charge in [0.1, 0.15) is 5.02 Å². The van der Waals surface area contributed by atoms with E-state index in [0.29, 0.717) is 22.8 Å². The van der Waals surface area contributed by atoms with Gasteiger partial charge < -0.3 is 9.47 Å². The number of rotatable bonds is 5. The van der Waals surface area contributed by atoms with Gasteiger partial charge in [-0.2, -0.15) is 0 Å². The zero-order valence-corrected chi connectivity index (χ0v) is 14.7. The average molecular weight is 343 g/mol. The summed E-state index contributed by atoms with van der Waals surface area (Å²) >= 11 is 6.40. The van der Waals surface area contributed by atoms with E-state index in [9.17, 15) is 4.79 Å². The van der Waals surface area contributed by atoms with Gasteiger partial charge in [-0.3, -0.25) is 4.79 Å². The van der Waals surface area contributed by atoms with Crippen molar-refractivity contribution < 1.29 is 0 Å². The normalized spacial score (nSPS) is 24.9. The molecular formula is C20H23ClN2O. The molecule has 2 fully saturated rings. The number of benzene rings is 1. The first kappa shape index (κ1) is 15.8. The van der Waals surface area contributed by atoms with Crippen LogP contribution < -0.4 is 10.5 Å². The summed E-state index contributed by atoms with van der Waals surface area (Å²) in [6.07, 6.45) is 3.97. The van der Waals surface area contributed by atoms with Crippen LogP contribution in [-0.4, -0.2) is 17.7 Å². The molecule has 4 heteroatoms. The van der Waals surface area contributed by atoms with Crippen molar-refractivity contribution in [3.05, 3.63) is 63.5 Å². The Balaban J connectivity index is 1.48. The van der Waals surface area contributed by atoms with E-state index in [1.807, 2.05) is 12.3 Å². The summed E-state index contributed by atoms with van der Waals surface area (Å²) in [5, 5.41) is 0.381. The highest BCUT2D eigenvalue weighted by atomic mass is 35.5. The van der Waals surface area contributed by atoms with Crippen LogP contribution in [0, 0.1) is 11.8 Å². The number of piperidine rings is 1. The Labute approximate surface area is 147 Å². The summed E-state index contributed by atoms with van der Waals surface area (Å²) < 4.78 is 1.74. The number of fused-ring (bicyclic) bond motifs is 1. The van der Waals surface area contributed by atoms with Crippen molar-refractivity contribution in [2.75, 3.05) is 18.0 Å². The van der Waals surface area contributed by atoms with Crippen molar-refractivity contribution in [3.8, 4) is 0 Å². The van der Waals surface area contributed by atoms with E-state index in [0.717, 1.165) is 38.2 Å². The molecule has 1 saturated heterocycles. The molecule has 1 aliphatic heterocycles. The Morgan fingerprint density at radius 3 is 2.50 bits per heavy atom. The highest BCUT2D eigenvalue weighted by Gasteiger charge is 2.56. The summed E-state index contributed by atoms with van der Waals surface area (Å²) in [5.74, 6) is 2.09. The van der Waals surface area contributed by atoms with E-state index in [2.05, 4.69) is 42.2 Å². The summed E-state index contributed by atoms with van der Waals surface area (Å²) in [4.78, 5) is 14.7. The zero-order valence-electron chi connectivity index (χ0n) is 14.0. The summed E-state index contributed by atoms with van der Waals surface area (Å²) in [5.41, 5.74) is 2.31. The second-order valence-corrected chi connectivity index (χ2v) is 7.41. The molecule has 1 aromatic carbocycles. The summed E-state index contributed by atoms with van der Waals surface area (Å²) in [7, 11) is 0. The molecule has 1 saturated carbocycles. The van der Waals surface area contributed by atoms with Crippen molar-refractivity contribution in [1.29, 1.82) is 0 Å². The third-order valence-electron chi connectivity index (χ3n) is 5.56. The minimum absolute atomic E-state index is 0.0530. The Kier molecular flexibility index (Phi) is 4.13. The largest absolute Gasteiger partial charge is 0.369 e. The molecule has 1 aliphatic carbocycles. The Morgan fingerprint density at radius 1 is 1.12 bits per heavy atom. The van der Waals surface area contributed by atoms with Gasteiger partial charge in [0.05, 0.1) is 5.69 Å². The van der Waals surface area contributed by atoms with E-state index in [1.54, 1.807) is 4.57 Å². The number of hydrogen-bond donors (Lipinski definition) is 0. The molecule has 0 amide bonds. The van der Waals surface area contributed by atoms with Crippen LogP contribution in [0.3, 0.4) is 0 Å². The van der Waals surface area contributed by atoms with E-state index in [-0.39, 0.29) is 5.56 Å². The molecule has 0 radical (unpaired) electrons. The molecule has 2 aromatic rings. The van der Waals surface area contributed by atoms with Gasteiger partial charge >= 0.3 is 0 Å². The first-order chi connectivity index (χ1) is 11.7. The van der Waals surface area contributed by atoms with Crippen molar-refractivity contribution in [2.24, 2.45) is 11.8 Å². The van der Waals surface area contributed by atoms with Gasteiger partial charge in [-0.1, -0.05) is 55.3 Å². The summed E-state index contributed by atoms with van der Waals surface area (Å²) in [6.45, 7) is 4.88. The quantitative estimate of drug-likeness (QED) is 0.815. The highest BCUT2D eigenvalue weighted by Crippen LogP contribution is 2.58. The number of nitrogens with zero attached hydrogens (tertiary/aromatic N) is 2. The van der Waals surface area contributed by atoms with Crippen LogP contribution in [0.1, 0.15) is 31.2 Å². The number of aryl methyl sites for hydroxylation is 1. The fourth-order valence-corrected chi connectivity index (χ4v) is 4.47. The second kappa shape index (κ2) is 6.29. The second-order valence-electron chi connectivity index (χ2n) is 7.04. The lowest BCUT2D eigenvalue weighted by Gasteiger charge is -2.23. The summed E-state index contributed by atoms with van der Waals surface area (Å²) in [6, 6.07) is 12.8. The number of hydrogen-bond acceptors (Lipinski definition) is 2. The number of aromatic nitrogens is 1. The molecule has 0 bridgehead atoms. The van der Waals surface area contributed by atoms with Gasteiger partial charge in [-0.15, -0.1) is 0 Å². The standard InChI is InChI=1S/C20H23ClN2O/c1-2-3-10-22-11-9-17(19(21)20(22)24)23-12-15-16(13-23)18(15)14-7-5-4-6-8-14/h4-9,11,15-16,18H,2-3,10,12-13H2,1H3/t15-,16+,18+. The predicted octanol–water partition coefficient (Wildman–Crippen LogP) is 4.15. The monoisotopic (exact) mass is 342 g/mol. The molecule has 4 rings (SSSR count). The Morgan fingerprint density at radius 2 is 1.83 bits per heavy atom. The first-order valence-electron chi connectivity index (χ1n) is 8.89. The maximum Gasteiger partial charge on any atom is 0.271 e. The van der Waals surface area contributed by atoms with Crippen LogP contribution in [0.25, 0.3) is 0 Å². The molecule has 24 heavy (non-hydrogen) atoms. The Hall–Kier alpha value is -1.74. The third kappa shape index (κ3) is 2.65. The minimum Gasteiger partial charge on any atom is -0.369 e. The molecule has 3 atom stereocenters. The van der Waals surface area contributed by atoms with Crippen molar-refractivity contribution in [2.45, 2.75) is 32.2 Å². The zero-order chi connectivity index (χ0) is 16.7. The maximum absolute atomic E-state index is 12.4. The fourth-order valence-electron chi connectivity index (χ4n) is 4.18. The van der Waals surface area contributed by atoms with Gasteiger partial charge in [-0.05, 0) is 35.8 Å². The molecule has 126 valence electrons. The number of anilines is 1. The number of halogens is 1. The fraction of sp³-hybridized carbons (Fsp3) is 0.450. The van der Waals surface area contributed by atoms with Crippen LogP contribution in [0.4, 0.5) is 5.69 Å². The minimum atomic E-state index is -0.0530. The molecule has 2 heterocycles. The van der Waals surface area contributed by atoms with Crippen molar-refractivity contribution in [3.63, 3.8) is 0 Å². The Bertz CT molecular complexity index is 774. The molecule has 0 unspecified atom stereocenters. The van der Waals surface area contributed by atoms with Gasteiger partial charge in [0, 0.05) is 25.8 Å². The highest BCUT2D eigenvalue weighted by molar-refractivity contribution is 6.33. The first-order valence-corrected chi connectivity index (χ1v) is 9.27. The van der Waals surface area contributed by atoms with E-state index in [4.69, 9.17) is 11.6 Å². The molecule has 1 aromatic heterocycles. The van der Waals surface area contributed by atoms with Crippen LogP contribution in [-0.2, 0) is 6.54 Å². The molecule has 0 spiro atoms. The molecule has 0 N–H and O–H groups in total. The lowest BCUT2D eigenvalue weighted by Crippen LogP contribution is -2.28. The van der Waals surface area contributed by atoms with Crippen LogP contribution in [0.2, 0.25) is 5.02 Å². The van der Waals surface area contributed by atoms with Gasteiger partial charge in [0.25, 0.3) is 5.56 Å². The number of unbranched alkanes of at least 4 members (excludes halogenated alkanes) is 1. The topological polar surface area (TPSA) is 25.2 Å². The third-order valence-corrected chi connectivity index (χ3v) is 5.91. The predicted molar refractivity (Wildman–Crippen MR) is 99.0 cm³/mol. The molecule has 2 aliphatic rings. The lowest BCUT2D eigenvalue weighted by molar-refractivity contribution is 0.612. The van der Waals surface area contributed by atoms with Crippen molar-refractivity contribution >= 4 is 17.3 Å². The van der Waals surface area contributed by atoms with Gasteiger partial charge in [0.2, 0.25) is 0 Å². The van der Waals surface area contributed by atoms with Crippen LogP contribution in [0.5, 0.6) is 0 Å². The van der Waals surface area contributed by atoms with E-state index in [1.165, 1.54) is 5.56 Å². The molecule has 3 nitrogen and oxygen atoms in total. The SMILES string of the molecule is CCCCn1ccc(N2C[C@@H]3[C@H](C2)[C@H]3c2ccccc2)c(Cl)c1=O. The number of pyridine rings is 1. The van der Waals surface area contributed by atoms with Gasteiger partial charge in [0.15, 0.2) is 0 Å². The van der Waals surface area contributed by atoms with E-state index >= 15 is 0 Å². The van der Waals surface area contributed by atoms with Gasteiger partial charge in [-0.25, -0.2) is 0 Å².